The fourth-order valence-corrected chi connectivity index (χ4v) is 5.33. The number of alkyl halides is 1. The highest BCUT2D eigenvalue weighted by atomic mass is 19.1. The Balaban J connectivity index is 1.98. The maximum atomic E-state index is 15.1. The van der Waals surface area contributed by atoms with Crippen LogP contribution in [0.2, 0.25) is 0 Å². The Hall–Kier alpha value is -0.640. The predicted molar refractivity (Wildman–Crippen MR) is 61.1 cm³/mol. The van der Waals surface area contributed by atoms with E-state index < -0.39 is 17.1 Å². The van der Waals surface area contributed by atoms with Crippen LogP contribution in [0.15, 0.2) is 0 Å². The van der Waals surface area contributed by atoms with Crippen LogP contribution in [-0.2, 0) is 4.79 Å². The van der Waals surface area contributed by atoms with Gasteiger partial charge in [0.1, 0.15) is 5.67 Å². The Morgan fingerprint density at radius 1 is 1.47 bits per heavy atom. The zero-order valence-electron chi connectivity index (χ0n) is 10.2. The summed E-state index contributed by atoms with van der Waals surface area (Å²) in [6, 6.07) is 0. The van der Waals surface area contributed by atoms with E-state index in [1.807, 2.05) is 6.92 Å². The van der Waals surface area contributed by atoms with Crippen molar-refractivity contribution in [2.24, 2.45) is 34.8 Å². The molecule has 0 aromatic rings. The van der Waals surface area contributed by atoms with E-state index in [4.69, 9.17) is 10.8 Å². The average Bonchev–Trinajstić information content (AvgIpc) is 2.48. The van der Waals surface area contributed by atoms with Crippen LogP contribution in [0.1, 0.15) is 32.6 Å². The summed E-state index contributed by atoms with van der Waals surface area (Å²) >= 11 is 0. The van der Waals surface area contributed by atoms with E-state index in [1.54, 1.807) is 0 Å². The van der Waals surface area contributed by atoms with Gasteiger partial charge in [-0.2, -0.15) is 0 Å². The molecule has 6 unspecified atom stereocenters. The van der Waals surface area contributed by atoms with Gasteiger partial charge in [0.05, 0.1) is 6.42 Å². The predicted octanol–water partition coefficient (Wildman–Crippen LogP) is 1.81. The Bertz CT molecular complexity index is 364. The first-order chi connectivity index (χ1) is 7.96. The first-order valence-corrected chi connectivity index (χ1v) is 6.57. The Labute approximate surface area is 101 Å². The molecule has 3 N–H and O–H groups in total. The van der Waals surface area contributed by atoms with Crippen molar-refractivity contribution in [1.29, 1.82) is 0 Å². The van der Waals surface area contributed by atoms with Crippen LogP contribution < -0.4 is 5.73 Å². The highest BCUT2D eigenvalue weighted by Gasteiger charge is 2.78. The van der Waals surface area contributed by atoms with Gasteiger partial charge in [-0.25, -0.2) is 4.39 Å². The number of halogens is 1. The molecule has 96 valence electrons. The molecule has 17 heavy (non-hydrogen) atoms. The molecule has 0 aromatic carbocycles. The van der Waals surface area contributed by atoms with Gasteiger partial charge in [-0.1, -0.05) is 6.92 Å². The van der Waals surface area contributed by atoms with Crippen molar-refractivity contribution in [3.05, 3.63) is 0 Å². The lowest BCUT2D eigenvalue weighted by Gasteiger charge is -2.64. The van der Waals surface area contributed by atoms with Crippen molar-refractivity contribution in [1.82, 2.24) is 0 Å². The summed E-state index contributed by atoms with van der Waals surface area (Å²) in [5.74, 6) is -0.512. The molecule has 0 radical (unpaired) electrons. The number of hydrogen-bond acceptors (Lipinski definition) is 2. The molecule has 3 rings (SSSR count). The Morgan fingerprint density at radius 3 is 2.76 bits per heavy atom. The molecule has 2 bridgehead atoms. The van der Waals surface area contributed by atoms with Gasteiger partial charge in [-0.15, -0.1) is 0 Å². The van der Waals surface area contributed by atoms with Crippen molar-refractivity contribution in [3.63, 3.8) is 0 Å². The number of carbonyl (C=O) groups is 1. The van der Waals surface area contributed by atoms with Crippen LogP contribution in [0.4, 0.5) is 4.39 Å². The molecule has 3 saturated carbocycles. The summed E-state index contributed by atoms with van der Waals surface area (Å²) in [7, 11) is 0. The van der Waals surface area contributed by atoms with E-state index in [2.05, 4.69) is 0 Å². The van der Waals surface area contributed by atoms with Crippen LogP contribution in [0.5, 0.6) is 0 Å². The van der Waals surface area contributed by atoms with Crippen molar-refractivity contribution in [2.75, 3.05) is 6.54 Å². The number of carboxylic acid groups (broad SMARTS) is 1. The summed E-state index contributed by atoms with van der Waals surface area (Å²) in [5.41, 5.74) is 4.26. The van der Waals surface area contributed by atoms with Gasteiger partial charge in [0.25, 0.3) is 0 Å². The topological polar surface area (TPSA) is 63.3 Å². The molecule has 0 amide bonds. The Morgan fingerprint density at radius 2 is 2.18 bits per heavy atom. The molecule has 3 aliphatic rings. The third kappa shape index (κ3) is 1.08. The van der Waals surface area contributed by atoms with Gasteiger partial charge < -0.3 is 10.8 Å². The summed E-state index contributed by atoms with van der Waals surface area (Å²) in [4.78, 5) is 11.0. The average molecular weight is 241 g/mol. The summed E-state index contributed by atoms with van der Waals surface area (Å²) < 4.78 is 15.1. The van der Waals surface area contributed by atoms with Crippen molar-refractivity contribution >= 4 is 5.97 Å². The Kier molecular flexibility index (Phi) is 2.17. The second kappa shape index (κ2) is 3.22. The zero-order valence-corrected chi connectivity index (χ0v) is 10.2. The summed E-state index contributed by atoms with van der Waals surface area (Å²) in [5, 5.41) is 9.06. The van der Waals surface area contributed by atoms with Crippen molar-refractivity contribution in [3.8, 4) is 0 Å². The molecule has 6 atom stereocenters. The fraction of sp³-hybridized carbons (Fsp3) is 0.923. The number of fused-ring (bicyclic) bond motifs is 1. The van der Waals surface area contributed by atoms with E-state index in [0.717, 1.165) is 19.3 Å². The largest absolute Gasteiger partial charge is 0.481 e. The molecule has 0 aromatic heterocycles. The van der Waals surface area contributed by atoms with Gasteiger partial charge in [0.2, 0.25) is 0 Å². The molecule has 0 heterocycles. The van der Waals surface area contributed by atoms with Gasteiger partial charge in [-0.05, 0) is 37.6 Å². The minimum Gasteiger partial charge on any atom is -0.481 e. The molecule has 0 spiro atoms. The standard InChI is InChI=1S/C13H20FNO2/c1-7-8-2-3-9-12(6-15,5-11(16)17)10(4-8)13(7,9)14/h7-10H,2-6,15H2,1H3,(H,16,17). The number of carboxylic acids is 1. The molecule has 3 fully saturated rings. The number of nitrogens with two attached hydrogens (primary N) is 1. The van der Waals surface area contributed by atoms with Crippen LogP contribution in [0, 0.1) is 29.1 Å². The number of hydrogen-bond donors (Lipinski definition) is 2. The second-order valence-corrected chi connectivity index (χ2v) is 6.30. The van der Waals surface area contributed by atoms with E-state index in [-0.39, 0.29) is 24.2 Å². The van der Waals surface area contributed by atoms with Gasteiger partial charge in [-0.3, -0.25) is 4.79 Å². The lowest BCUT2D eigenvalue weighted by molar-refractivity contribution is -0.222. The van der Waals surface area contributed by atoms with Crippen LogP contribution in [-0.4, -0.2) is 23.3 Å². The number of rotatable bonds is 3. The maximum Gasteiger partial charge on any atom is 0.303 e. The van der Waals surface area contributed by atoms with Crippen molar-refractivity contribution in [2.45, 2.75) is 38.3 Å². The third-order valence-electron chi connectivity index (χ3n) is 6.09. The van der Waals surface area contributed by atoms with E-state index in [9.17, 15) is 4.79 Å². The molecule has 0 aliphatic heterocycles. The minimum atomic E-state index is -1.11. The summed E-state index contributed by atoms with van der Waals surface area (Å²) in [6.07, 6.45) is 2.77. The smallest absolute Gasteiger partial charge is 0.303 e. The van der Waals surface area contributed by atoms with E-state index >= 15 is 4.39 Å². The highest BCUT2D eigenvalue weighted by molar-refractivity contribution is 5.68. The van der Waals surface area contributed by atoms with Gasteiger partial charge in [0, 0.05) is 17.3 Å². The maximum absolute atomic E-state index is 15.1. The molecular formula is C13H20FNO2. The van der Waals surface area contributed by atoms with Crippen LogP contribution in [0.25, 0.3) is 0 Å². The molecule has 4 heteroatoms. The van der Waals surface area contributed by atoms with Gasteiger partial charge >= 0.3 is 5.97 Å². The minimum absolute atomic E-state index is 0.0456. The summed E-state index contributed by atoms with van der Waals surface area (Å²) in [6.45, 7) is 2.32. The highest BCUT2D eigenvalue weighted by Crippen LogP contribution is 2.75. The van der Waals surface area contributed by atoms with E-state index in [1.165, 1.54) is 0 Å². The molecular weight excluding hydrogens is 221 g/mol. The zero-order chi connectivity index (χ0) is 12.4. The SMILES string of the molecule is CC1C2CCC3C(CN)(CC(=O)O)C(C2)C13F. The molecule has 3 nitrogen and oxygen atoms in total. The monoisotopic (exact) mass is 241 g/mol. The molecule has 0 saturated heterocycles. The van der Waals surface area contributed by atoms with E-state index in [0.29, 0.717) is 12.5 Å². The van der Waals surface area contributed by atoms with Crippen LogP contribution >= 0.6 is 0 Å². The number of aliphatic carboxylic acids is 1. The quantitative estimate of drug-likeness (QED) is 0.792. The normalized spacial score (nSPS) is 55.5. The lowest BCUT2D eigenvalue weighted by atomic mass is 9.42. The van der Waals surface area contributed by atoms with Crippen molar-refractivity contribution < 1.29 is 14.3 Å². The fourth-order valence-electron chi connectivity index (χ4n) is 5.33. The van der Waals surface area contributed by atoms with Gasteiger partial charge in [0.15, 0.2) is 0 Å². The molecule has 3 aliphatic carbocycles. The first kappa shape index (κ1) is 11.5. The second-order valence-electron chi connectivity index (χ2n) is 6.30. The lowest BCUT2D eigenvalue weighted by Crippen LogP contribution is -2.70. The third-order valence-corrected chi connectivity index (χ3v) is 6.09. The van der Waals surface area contributed by atoms with Crippen LogP contribution in [0.3, 0.4) is 0 Å². The first-order valence-electron chi connectivity index (χ1n) is 6.57.